The summed E-state index contributed by atoms with van der Waals surface area (Å²) in [7, 11) is -3.68. The topological polar surface area (TPSA) is 167 Å². The highest BCUT2D eigenvalue weighted by Crippen LogP contribution is 2.40. The van der Waals surface area contributed by atoms with Crippen LogP contribution in [0.3, 0.4) is 0 Å². The predicted molar refractivity (Wildman–Crippen MR) is 145 cm³/mol. The summed E-state index contributed by atoms with van der Waals surface area (Å²) in [6.07, 6.45) is 4.20. The molecule has 0 aliphatic carbocycles. The zero-order valence-corrected chi connectivity index (χ0v) is 23.3. The molecule has 4 rings (SSSR count). The number of nitrogens with one attached hydrogen (secondary N) is 1. The van der Waals surface area contributed by atoms with Crippen LogP contribution >= 0.6 is 0 Å². The molecular weight excluding hydrogens is 579 g/mol. The summed E-state index contributed by atoms with van der Waals surface area (Å²) in [6.45, 7) is 0.00432. The minimum Gasteiger partial charge on any atom is -0.478 e. The molecule has 2 heterocycles. The third-order valence-corrected chi connectivity index (χ3v) is 8.74. The Kier molecular flexibility index (Phi) is 11.3. The molecule has 2 saturated heterocycles. The lowest BCUT2D eigenvalue weighted by atomic mass is 9.82. The third-order valence-electron chi connectivity index (χ3n) is 7.26. The van der Waals surface area contributed by atoms with E-state index in [0.29, 0.717) is 31.1 Å². The molecule has 2 aliphatic heterocycles. The number of carbonyl (C=O) groups is 3. The zero-order chi connectivity index (χ0) is 31.0. The largest absolute Gasteiger partial charge is 0.478 e. The maximum atomic E-state index is 14.0. The minimum absolute atomic E-state index is 0.00432. The van der Waals surface area contributed by atoms with Crippen molar-refractivity contribution >= 4 is 27.9 Å². The van der Waals surface area contributed by atoms with Crippen LogP contribution in [-0.2, 0) is 30.8 Å². The van der Waals surface area contributed by atoms with Crippen LogP contribution in [0.15, 0.2) is 59.5 Å². The third kappa shape index (κ3) is 8.87. The Balaban J connectivity index is 0.000000531. The molecule has 4 atom stereocenters. The van der Waals surface area contributed by atoms with E-state index < -0.39 is 45.5 Å². The van der Waals surface area contributed by atoms with E-state index in [1.54, 1.807) is 18.2 Å². The van der Waals surface area contributed by atoms with Crippen molar-refractivity contribution in [2.24, 2.45) is 11.7 Å². The SMILES string of the molecule is N[C@H](Cc1cc(F)c(F)cc1F)C1C[C@H]2CC[C@@H](C1)N2C(=O)CCNS(=O)(=O)c1ccccc1.O=C(O)/C=C\C(=O)O. The van der Waals surface area contributed by atoms with E-state index in [1.165, 1.54) is 12.1 Å². The Hall–Kier alpha value is -3.75. The van der Waals surface area contributed by atoms with Crippen LogP contribution in [0.25, 0.3) is 0 Å². The van der Waals surface area contributed by atoms with E-state index in [0.717, 1.165) is 18.9 Å². The van der Waals surface area contributed by atoms with Crippen molar-refractivity contribution in [1.82, 2.24) is 9.62 Å². The van der Waals surface area contributed by atoms with Crippen LogP contribution in [0.5, 0.6) is 0 Å². The van der Waals surface area contributed by atoms with Gasteiger partial charge in [0.2, 0.25) is 15.9 Å². The van der Waals surface area contributed by atoms with Crippen LogP contribution in [-0.4, -0.2) is 66.0 Å². The van der Waals surface area contributed by atoms with Gasteiger partial charge in [-0.15, -0.1) is 0 Å². The summed E-state index contributed by atoms with van der Waals surface area (Å²) in [6, 6.07) is 8.89. The number of fused-ring (bicyclic) bond motifs is 2. The average Bonchev–Trinajstić information content (AvgIpc) is 3.20. The standard InChI is InChI=1S/C24H28F3N3O3S.C4H4O4/c25-20-14-22(27)21(26)12-15(20)13-23(28)16-10-17-6-7-18(11-16)30(17)24(31)8-9-29-34(32,33)19-4-2-1-3-5-19;5-3(6)1-2-4(7)8/h1-5,12,14,16-18,23,29H,6-11,13,28H2;1-2H,(H,5,6)(H,7,8)/b;2-1-/t16?,17-,18+,23-;/m1./s1. The van der Waals surface area contributed by atoms with Gasteiger partial charge in [0.05, 0.1) is 4.90 Å². The average molecular weight is 612 g/mol. The molecule has 0 spiro atoms. The second-order valence-corrected chi connectivity index (χ2v) is 11.9. The van der Waals surface area contributed by atoms with Crippen molar-refractivity contribution in [1.29, 1.82) is 0 Å². The van der Waals surface area contributed by atoms with Gasteiger partial charge in [0.1, 0.15) is 5.82 Å². The first kappa shape index (κ1) is 32.8. The number of benzene rings is 2. The number of carbonyl (C=O) groups excluding carboxylic acids is 1. The molecule has 10 nitrogen and oxygen atoms in total. The molecular formula is C28H32F3N3O7S. The molecule has 42 heavy (non-hydrogen) atoms. The quantitative estimate of drug-likeness (QED) is 0.235. The molecule has 2 aromatic carbocycles. The normalized spacial score (nSPS) is 20.6. The molecule has 2 aromatic rings. The van der Waals surface area contributed by atoms with Crippen molar-refractivity contribution < 1.29 is 46.2 Å². The maximum Gasteiger partial charge on any atom is 0.328 e. The summed E-state index contributed by atoms with van der Waals surface area (Å²) in [5.41, 5.74) is 6.38. The number of sulfonamides is 1. The van der Waals surface area contributed by atoms with Crippen LogP contribution in [0.4, 0.5) is 13.2 Å². The molecule has 14 heteroatoms. The predicted octanol–water partition coefficient (Wildman–Crippen LogP) is 2.82. The lowest BCUT2D eigenvalue weighted by molar-refractivity contribution is -0.136. The van der Waals surface area contributed by atoms with Crippen LogP contribution in [0.2, 0.25) is 0 Å². The molecule has 0 saturated carbocycles. The van der Waals surface area contributed by atoms with E-state index in [-0.39, 0.29) is 53.8 Å². The number of halogens is 3. The van der Waals surface area contributed by atoms with E-state index in [9.17, 15) is 36.0 Å². The zero-order valence-electron chi connectivity index (χ0n) is 22.5. The van der Waals surface area contributed by atoms with Crippen molar-refractivity contribution in [3.63, 3.8) is 0 Å². The number of hydrogen-bond donors (Lipinski definition) is 4. The second-order valence-electron chi connectivity index (χ2n) is 10.1. The molecule has 1 unspecified atom stereocenters. The van der Waals surface area contributed by atoms with Gasteiger partial charge in [0.15, 0.2) is 11.6 Å². The molecule has 228 valence electrons. The highest BCUT2D eigenvalue weighted by atomic mass is 32.2. The van der Waals surface area contributed by atoms with Crippen LogP contribution in [0, 0.1) is 23.4 Å². The lowest BCUT2D eigenvalue weighted by Crippen LogP contribution is -2.50. The summed E-state index contributed by atoms with van der Waals surface area (Å²) in [5.74, 6) is -5.76. The summed E-state index contributed by atoms with van der Waals surface area (Å²) in [5, 5.41) is 15.6. The number of nitrogens with two attached hydrogens (primary N) is 1. The lowest BCUT2D eigenvalue weighted by Gasteiger charge is -2.41. The molecule has 2 aliphatic rings. The van der Waals surface area contributed by atoms with Gasteiger partial charge >= 0.3 is 11.9 Å². The van der Waals surface area contributed by atoms with Gasteiger partial charge in [-0.3, -0.25) is 4.79 Å². The molecule has 2 fully saturated rings. The van der Waals surface area contributed by atoms with Gasteiger partial charge in [-0.05, 0) is 61.8 Å². The van der Waals surface area contributed by atoms with Gasteiger partial charge in [0.25, 0.3) is 0 Å². The van der Waals surface area contributed by atoms with Gasteiger partial charge in [0, 0.05) is 49.3 Å². The van der Waals surface area contributed by atoms with Crippen molar-refractivity contribution in [2.75, 3.05) is 6.54 Å². The number of rotatable bonds is 10. The maximum absolute atomic E-state index is 14.0. The molecule has 1 amide bonds. The van der Waals surface area contributed by atoms with Crippen LogP contribution < -0.4 is 10.5 Å². The number of nitrogens with zero attached hydrogens (tertiary/aromatic N) is 1. The Morgan fingerprint density at radius 2 is 1.50 bits per heavy atom. The van der Waals surface area contributed by atoms with Gasteiger partial charge in [-0.2, -0.15) is 0 Å². The highest BCUT2D eigenvalue weighted by Gasteiger charge is 2.44. The van der Waals surface area contributed by atoms with E-state index >= 15 is 0 Å². The fourth-order valence-electron chi connectivity index (χ4n) is 5.36. The highest BCUT2D eigenvalue weighted by molar-refractivity contribution is 7.89. The molecule has 5 N–H and O–H groups in total. The first-order valence-corrected chi connectivity index (χ1v) is 14.7. The fraction of sp³-hybridized carbons (Fsp3) is 0.393. The summed E-state index contributed by atoms with van der Waals surface area (Å²) in [4.78, 5) is 34.0. The molecule has 0 aromatic heterocycles. The fourth-order valence-corrected chi connectivity index (χ4v) is 6.42. The Bertz CT molecular complexity index is 1390. The number of amides is 1. The van der Waals surface area contributed by atoms with E-state index in [4.69, 9.17) is 15.9 Å². The number of aliphatic carboxylic acids is 2. The smallest absolute Gasteiger partial charge is 0.328 e. The number of hydrogen-bond acceptors (Lipinski definition) is 6. The Morgan fingerprint density at radius 3 is 2.05 bits per heavy atom. The second kappa shape index (κ2) is 14.4. The first-order chi connectivity index (χ1) is 19.8. The Morgan fingerprint density at radius 1 is 0.952 bits per heavy atom. The van der Waals surface area contributed by atoms with Crippen molar-refractivity contribution in [3.05, 3.63) is 77.6 Å². The molecule has 0 radical (unpaired) electrons. The summed E-state index contributed by atoms with van der Waals surface area (Å²) < 4.78 is 67.9. The Labute approximate surface area is 241 Å². The monoisotopic (exact) mass is 611 g/mol. The van der Waals surface area contributed by atoms with Crippen molar-refractivity contribution in [2.45, 2.75) is 61.5 Å². The van der Waals surface area contributed by atoms with E-state index in [2.05, 4.69) is 4.72 Å². The number of carboxylic acid groups (broad SMARTS) is 2. The van der Waals surface area contributed by atoms with Gasteiger partial charge in [-0.25, -0.2) is 35.9 Å². The summed E-state index contributed by atoms with van der Waals surface area (Å²) >= 11 is 0. The van der Waals surface area contributed by atoms with Gasteiger partial charge < -0.3 is 20.8 Å². The van der Waals surface area contributed by atoms with Crippen molar-refractivity contribution in [3.8, 4) is 0 Å². The van der Waals surface area contributed by atoms with E-state index in [1.807, 2.05) is 4.90 Å². The number of carboxylic acids is 2. The van der Waals surface area contributed by atoms with Gasteiger partial charge in [-0.1, -0.05) is 18.2 Å². The minimum atomic E-state index is -3.68. The first-order valence-electron chi connectivity index (χ1n) is 13.2. The number of piperidine rings is 1. The van der Waals surface area contributed by atoms with Crippen LogP contribution in [0.1, 0.15) is 37.7 Å². The molecule has 2 bridgehead atoms.